The van der Waals surface area contributed by atoms with Gasteiger partial charge in [0.25, 0.3) is 5.91 Å². The molecule has 2 aromatic carbocycles. The number of aromatic hydroxyl groups is 1. The number of amides is 1. The van der Waals surface area contributed by atoms with Gasteiger partial charge in [-0.05, 0) is 12.1 Å². The first-order valence-electron chi connectivity index (χ1n) is 7.29. The quantitative estimate of drug-likeness (QED) is 0.558. The van der Waals surface area contributed by atoms with Gasteiger partial charge in [0.05, 0.1) is 11.4 Å². The van der Waals surface area contributed by atoms with Crippen LogP contribution in [0.4, 0.5) is 21.5 Å². The number of carbonyl (C=O) groups is 1. The van der Waals surface area contributed by atoms with Crippen LogP contribution in [0.15, 0.2) is 42.5 Å². The van der Waals surface area contributed by atoms with Gasteiger partial charge in [0, 0.05) is 12.1 Å². The maximum atomic E-state index is 14.4. The van der Waals surface area contributed by atoms with Crippen molar-refractivity contribution in [2.75, 3.05) is 20.3 Å². The van der Waals surface area contributed by atoms with E-state index in [2.05, 4.69) is 4.72 Å². The summed E-state index contributed by atoms with van der Waals surface area (Å²) in [5.41, 5.74) is -0.876. The Labute approximate surface area is 154 Å². The Balaban J connectivity index is 1.88. The molecule has 0 aliphatic carbocycles. The third-order valence-corrected chi connectivity index (χ3v) is 5.78. The molecule has 144 valence electrons. The number of anilines is 3. The molecule has 1 amide bonds. The summed E-state index contributed by atoms with van der Waals surface area (Å²) in [5.74, 6) is -3.01. The fraction of sp³-hybridized carbons (Fsp3) is 0.0714. The summed E-state index contributed by atoms with van der Waals surface area (Å²) in [5, 5.41) is 10.00. The Morgan fingerprint density at radius 1 is 1.11 bits per heavy atom. The van der Waals surface area contributed by atoms with Crippen LogP contribution in [0.5, 0.6) is 5.75 Å². The Morgan fingerprint density at radius 3 is 2.30 bits per heavy atom. The van der Waals surface area contributed by atoms with Crippen LogP contribution < -0.4 is 18.5 Å². The lowest BCUT2D eigenvalue weighted by Gasteiger charge is -2.18. The number of nitrogens with one attached hydrogen (secondary N) is 3. The monoisotopic (exact) mass is 416 g/mol. The van der Waals surface area contributed by atoms with Gasteiger partial charge >= 0.3 is 20.4 Å². The standard InChI is InChI=1S/C14H13FN4O6S2/c15-11-6-10(17-26(22,23)16-9-4-2-1-3-5-9)7-12(20)14(11)19-8-13(21)18-27(19,24)25/h1-7,16-17,20H,8H2,(H,18,21). The number of halogens is 1. The molecule has 2 aromatic rings. The maximum Gasteiger partial charge on any atom is 0.326 e. The number of rotatable bonds is 5. The van der Waals surface area contributed by atoms with Crippen molar-refractivity contribution >= 4 is 43.4 Å². The molecule has 4 N–H and O–H groups in total. The number of phenolic OH excluding ortho intramolecular Hbond substituents is 1. The first-order chi connectivity index (χ1) is 12.6. The van der Waals surface area contributed by atoms with Crippen molar-refractivity contribution in [3.05, 3.63) is 48.3 Å². The molecular formula is C14H13FN4O6S2. The Hall–Kier alpha value is -3.06. The number of hydrogen-bond acceptors (Lipinski definition) is 6. The van der Waals surface area contributed by atoms with E-state index in [1.54, 1.807) is 22.9 Å². The van der Waals surface area contributed by atoms with Gasteiger partial charge in [0.1, 0.15) is 18.0 Å². The highest BCUT2D eigenvalue weighted by molar-refractivity contribution is 7.94. The van der Waals surface area contributed by atoms with Gasteiger partial charge in [-0.2, -0.15) is 16.8 Å². The van der Waals surface area contributed by atoms with E-state index in [9.17, 15) is 31.1 Å². The molecule has 0 radical (unpaired) electrons. The van der Waals surface area contributed by atoms with Gasteiger partial charge in [-0.1, -0.05) is 18.2 Å². The molecule has 1 aliphatic rings. The lowest BCUT2D eigenvalue weighted by Crippen LogP contribution is -2.30. The smallest absolute Gasteiger partial charge is 0.326 e. The van der Waals surface area contributed by atoms with E-state index in [1.807, 2.05) is 4.72 Å². The third-order valence-electron chi connectivity index (χ3n) is 3.39. The number of hydrogen-bond donors (Lipinski definition) is 4. The second-order valence-electron chi connectivity index (χ2n) is 5.44. The van der Waals surface area contributed by atoms with E-state index in [0.29, 0.717) is 10.4 Å². The molecule has 3 rings (SSSR count). The SMILES string of the molecule is O=C1CN(c2c(O)cc(NS(=O)(=O)Nc3ccccc3)cc2F)S(=O)(=O)N1. The molecule has 10 nitrogen and oxygen atoms in total. The van der Waals surface area contributed by atoms with Gasteiger partial charge in [0.15, 0.2) is 5.82 Å². The average Bonchev–Trinajstić information content (AvgIpc) is 2.79. The highest BCUT2D eigenvalue weighted by Crippen LogP contribution is 2.36. The van der Waals surface area contributed by atoms with E-state index in [-0.39, 0.29) is 11.4 Å². The maximum absolute atomic E-state index is 14.4. The third kappa shape index (κ3) is 4.03. The largest absolute Gasteiger partial charge is 0.506 e. The summed E-state index contributed by atoms with van der Waals surface area (Å²) in [6, 6.07) is 9.36. The number of nitrogens with zero attached hydrogens (tertiary/aromatic N) is 1. The minimum atomic E-state index is -4.34. The Bertz CT molecular complexity index is 1080. The fourth-order valence-electron chi connectivity index (χ4n) is 2.38. The molecule has 1 aliphatic heterocycles. The van der Waals surface area contributed by atoms with E-state index in [0.717, 1.165) is 6.07 Å². The number of para-hydroxylation sites is 1. The summed E-state index contributed by atoms with van der Waals surface area (Å²) in [6.45, 7) is -0.715. The lowest BCUT2D eigenvalue weighted by atomic mass is 10.2. The Morgan fingerprint density at radius 2 is 1.74 bits per heavy atom. The first-order valence-corrected chi connectivity index (χ1v) is 10.2. The molecule has 27 heavy (non-hydrogen) atoms. The predicted octanol–water partition coefficient (Wildman–Crippen LogP) is 0.481. The Kier molecular flexibility index (Phi) is 4.57. The zero-order valence-corrected chi connectivity index (χ0v) is 15.0. The van der Waals surface area contributed by atoms with Crippen molar-refractivity contribution in [3.8, 4) is 5.75 Å². The van der Waals surface area contributed by atoms with Gasteiger partial charge in [-0.3, -0.25) is 14.2 Å². The fourth-order valence-corrected chi connectivity index (χ4v) is 4.47. The molecule has 0 bridgehead atoms. The molecule has 0 aromatic heterocycles. The van der Waals surface area contributed by atoms with E-state index in [4.69, 9.17) is 0 Å². The molecular weight excluding hydrogens is 403 g/mol. The van der Waals surface area contributed by atoms with Crippen LogP contribution in [0.1, 0.15) is 0 Å². The summed E-state index contributed by atoms with van der Waals surface area (Å²) >= 11 is 0. The normalized spacial score (nSPS) is 16.0. The molecule has 1 fully saturated rings. The zero-order chi connectivity index (χ0) is 19.8. The minimum absolute atomic E-state index is 0.249. The van der Waals surface area contributed by atoms with Gasteiger partial charge < -0.3 is 5.11 Å². The van der Waals surface area contributed by atoms with Crippen LogP contribution in [-0.2, 0) is 25.2 Å². The molecule has 0 saturated carbocycles. The first kappa shape index (κ1) is 18.7. The van der Waals surface area contributed by atoms with Gasteiger partial charge in [-0.25, -0.2) is 13.4 Å². The van der Waals surface area contributed by atoms with Crippen molar-refractivity contribution in [2.45, 2.75) is 0 Å². The zero-order valence-electron chi connectivity index (χ0n) is 13.4. The molecule has 1 saturated heterocycles. The topological polar surface area (TPSA) is 145 Å². The van der Waals surface area contributed by atoms with Crippen LogP contribution >= 0.6 is 0 Å². The van der Waals surface area contributed by atoms with Gasteiger partial charge in [0.2, 0.25) is 0 Å². The summed E-state index contributed by atoms with van der Waals surface area (Å²) in [4.78, 5) is 11.3. The van der Waals surface area contributed by atoms with Crippen molar-refractivity contribution in [3.63, 3.8) is 0 Å². The molecule has 13 heteroatoms. The van der Waals surface area contributed by atoms with Gasteiger partial charge in [-0.15, -0.1) is 0 Å². The number of benzene rings is 2. The average molecular weight is 416 g/mol. The second kappa shape index (κ2) is 6.59. The minimum Gasteiger partial charge on any atom is -0.506 e. The number of phenols is 1. The van der Waals surface area contributed by atoms with Crippen molar-refractivity contribution in [2.24, 2.45) is 0 Å². The van der Waals surface area contributed by atoms with Crippen LogP contribution in [0.2, 0.25) is 0 Å². The summed E-state index contributed by atoms with van der Waals surface area (Å²) < 4.78 is 68.3. The molecule has 0 unspecified atom stereocenters. The van der Waals surface area contributed by atoms with Crippen LogP contribution in [0, 0.1) is 5.82 Å². The predicted molar refractivity (Wildman–Crippen MR) is 95.1 cm³/mol. The van der Waals surface area contributed by atoms with E-state index in [1.165, 1.54) is 12.1 Å². The summed E-state index contributed by atoms with van der Waals surface area (Å²) in [7, 11) is -8.50. The molecule has 0 atom stereocenters. The van der Waals surface area contributed by atoms with E-state index >= 15 is 0 Å². The molecule has 0 spiro atoms. The van der Waals surface area contributed by atoms with Crippen molar-refractivity contribution in [1.29, 1.82) is 0 Å². The van der Waals surface area contributed by atoms with Crippen molar-refractivity contribution < 1.29 is 31.1 Å². The van der Waals surface area contributed by atoms with E-state index < -0.39 is 50.1 Å². The highest BCUT2D eigenvalue weighted by Gasteiger charge is 2.37. The molecule has 1 heterocycles. The van der Waals surface area contributed by atoms with Crippen LogP contribution in [0.25, 0.3) is 0 Å². The van der Waals surface area contributed by atoms with Crippen LogP contribution in [-0.4, -0.2) is 34.4 Å². The lowest BCUT2D eigenvalue weighted by molar-refractivity contribution is -0.117. The summed E-state index contributed by atoms with van der Waals surface area (Å²) in [6.07, 6.45) is 0. The number of carbonyl (C=O) groups excluding carboxylic acids is 1. The second-order valence-corrected chi connectivity index (χ2v) is 8.45. The van der Waals surface area contributed by atoms with Crippen molar-refractivity contribution in [1.82, 2.24) is 4.72 Å². The highest BCUT2D eigenvalue weighted by atomic mass is 32.2. The van der Waals surface area contributed by atoms with Crippen LogP contribution in [0.3, 0.4) is 0 Å².